The molecule has 1 heterocycles. The van der Waals surface area contributed by atoms with E-state index < -0.39 is 0 Å². The molecular formula is C16H26N2. The third kappa shape index (κ3) is 3.33. The minimum atomic E-state index is 0.149. The van der Waals surface area contributed by atoms with Gasteiger partial charge in [-0.05, 0) is 50.3 Å². The number of likely N-dealkylation sites (tertiary alicyclic amines) is 1. The summed E-state index contributed by atoms with van der Waals surface area (Å²) in [6.07, 6.45) is 2.69. The van der Waals surface area contributed by atoms with Gasteiger partial charge in [-0.15, -0.1) is 0 Å². The van der Waals surface area contributed by atoms with E-state index in [9.17, 15) is 0 Å². The molecule has 1 aromatic rings. The van der Waals surface area contributed by atoms with Gasteiger partial charge in [-0.1, -0.05) is 30.7 Å². The highest BCUT2D eigenvalue weighted by molar-refractivity contribution is 5.32. The summed E-state index contributed by atoms with van der Waals surface area (Å²) in [6.45, 7) is 10.1. The van der Waals surface area contributed by atoms with Gasteiger partial charge in [0.1, 0.15) is 0 Å². The highest BCUT2D eigenvalue weighted by atomic mass is 15.1. The molecular weight excluding hydrogens is 220 g/mol. The first-order valence-electron chi connectivity index (χ1n) is 7.11. The van der Waals surface area contributed by atoms with Crippen LogP contribution in [0.15, 0.2) is 18.2 Å². The Bertz CT molecular complexity index is 400. The number of rotatable bonds is 3. The largest absolute Gasteiger partial charge is 0.323 e. The van der Waals surface area contributed by atoms with Crippen LogP contribution in [0.5, 0.6) is 0 Å². The van der Waals surface area contributed by atoms with Crippen LogP contribution in [0, 0.1) is 19.8 Å². The molecule has 2 heteroatoms. The molecule has 2 nitrogen and oxygen atoms in total. The van der Waals surface area contributed by atoms with Gasteiger partial charge < -0.3 is 10.6 Å². The molecule has 2 unspecified atom stereocenters. The third-order valence-corrected chi connectivity index (χ3v) is 4.02. The van der Waals surface area contributed by atoms with E-state index in [2.05, 4.69) is 43.9 Å². The maximum Gasteiger partial charge on any atom is 0.0426 e. The van der Waals surface area contributed by atoms with Crippen molar-refractivity contribution in [3.05, 3.63) is 34.9 Å². The number of piperidine rings is 1. The highest BCUT2D eigenvalue weighted by Crippen LogP contribution is 2.21. The Morgan fingerprint density at radius 2 is 2.17 bits per heavy atom. The van der Waals surface area contributed by atoms with E-state index >= 15 is 0 Å². The Hall–Kier alpha value is -0.860. The third-order valence-electron chi connectivity index (χ3n) is 4.02. The van der Waals surface area contributed by atoms with Gasteiger partial charge in [0.05, 0.1) is 0 Å². The van der Waals surface area contributed by atoms with Crippen LogP contribution < -0.4 is 5.73 Å². The number of benzene rings is 1. The van der Waals surface area contributed by atoms with Gasteiger partial charge in [-0.25, -0.2) is 0 Å². The summed E-state index contributed by atoms with van der Waals surface area (Å²) in [5.41, 5.74) is 10.3. The van der Waals surface area contributed by atoms with Gasteiger partial charge in [0.2, 0.25) is 0 Å². The van der Waals surface area contributed by atoms with Crippen LogP contribution in [0.25, 0.3) is 0 Å². The monoisotopic (exact) mass is 246 g/mol. The molecule has 1 saturated heterocycles. The normalized spacial score (nSPS) is 23.0. The molecule has 1 aromatic carbocycles. The first-order valence-corrected chi connectivity index (χ1v) is 7.11. The molecule has 0 spiro atoms. The molecule has 2 atom stereocenters. The van der Waals surface area contributed by atoms with Crippen LogP contribution >= 0.6 is 0 Å². The van der Waals surface area contributed by atoms with E-state index in [0.29, 0.717) is 0 Å². The SMILES string of the molecule is Cc1ccc(C(N)CN2CCCC(C)C2)c(C)c1. The molecule has 2 rings (SSSR count). The first kappa shape index (κ1) is 13.6. The molecule has 2 N–H and O–H groups in total. The van der Waals surface area contributed by atoms with E-state index in [1.165, 1.54) is 42.6 Å². The van der Waals surface area contributed by atoms with Crippen molar-refractivity contribution < 1.29 is 0 Å². The fraction of sp³-hybridized carbons (Fsp3) is 0.625. The molecule has 18 heavy (non-hydrogen) atoms. The summed E-state index contributed by atoms with van der Waals surface area (Å²) in [7, 11) is 0. The second-order valence-corrected chi connectivity index (χ2v) is 5.97. The minimum absolute atomic E-state index is 0.149. The topological polar surface area (TPSA) is 29.3 Å². The molecule has 1 aliphatic rings. The summed E-state index contributed by atoms with van der Waals surface area (Å²) < 4.78 is 0. The van der Waals surface area contributed by atoms with Crippen LogP contribution in [0.2, 0.25) is 0 Å². The quantitative estimate of drug-likeness (QED) is 0.888. The van der Waals surface area contributed by atoms with E-state index in [1.807, 2.05) is 0 Å². The van der Waals surface area contributed by atoms with Crippen molar-refractivity contribution in [3.63, 3.8) is 0 Å². The van der Waals surface area contributed by atoms with Gasteiger partial charge in [-0.3, -0.25) is 0 Å². The van der Waals surface area contributed by atoms with Crippen LogP contribution in [-0.2, 0) is 0 Å². The maximum atomic E-state index is 6.38. The van der Waals surface area contributed by atoms with Crippen LogP contribution in [-0.4, -0.2) is 24.5 Å². The van der Waals surface area contributed by atoms with Gasteiger partial charge in [0.25, 0.3) is 0 Å². The van der Waals surface area contributed by atoms with E-state index in [-0.39, 0.29) is 6.04 Å². The van der Waals surface area contributed by atoms with Gasteiger partial charge in [-0.2, -0.15) is 0 Å². The Kier molecular flexibility index (Phi) is 4.41. The smallest absolute Gasteiger partial charge is 0.0426 e. The van der Waals surface area contributed by atoms with Gasteiger partial charge >= 0.3 is 0 Å². The fourth-order valence-corrected chi connectivity index (χ4v) is 3.07. The Balaban J connectivity index is 2.00. The van der Waals surface area contributed by atoms with Crippen molar-refractivity contribution in [2.24, 2.45) is 11.7 Å². The molecule has 0 saturated carbocycles. The number of hydrogen-bond acceptors (Lipinski definition) is 2. The fourth-order valence-electron chi connectivity index (χ4n) is 3.07. The lowest BCUT2D eigenvalue weighted by Crippen LogP contribution is -2.39. The Labute approximate surface area is 111 Å². The summed E-state index contributed by atoms with van der Waals surface area (Å²) in [6, 6.07) is 6.74. The molecule has 100 valence electrons. The lowest BCUT2D eigenvalue weighted by Gasteiger charge is -2.33. The van der Waals surface area contributed by atoms with E-state index in [4.69, 9.17) is 5.73 Å². The average Bonchev–Trinajstić information content (AvgIpc) is 2.28. The predicted octanol–water partition coefficient (Wildman–Crippen LogP) is 3.04. The number of nitrogens with zero attached hydrogens (tertiary/aromatic N) is 1. The van der Waals surface area contributed by atoms with Gasteiger partial charge in [0.15, 0.2) is 0 Å². The Morgan fingerprint density at radius 1 is 1.39 bits per heavy atom. The Morgan fingerprint density at radius 3 is 2.83 bits per heavy atom. The molecule has 1 fully saturated rings. The van der Waals surface area contributed by atoms with Crippen molar-refractivity contribution in [1.29, 1.82) is 0 Å². The molecule has 0 amide bonds. The number of aryl methyl sites for hydroxylation is 2. The average molecular weight is 246 g/mol. The first-order chi connectivity index (χ1) is 8.56. The van der Waals surface area contributed by atoms with Crippen molar-refractivity contribution >= 4 is 0 Å². The van der Waals surface area contributed by atoms with Crippen molar-refractivity contribution in [2.45, 2.75) is 39.7 Å². The summed E-state index contributed by atoms with van der Waals surface area (Å²) >= 11 is 0. The van der Waals surface area contributed by atoms with E-state index in [1.54, 1.807) is 0 Å². The summed E-state index contributed by atoms with van der Waals surface area (Å²) in [5, 5.41) is 0. The zero-order valence-electron chi connectivity index (χ0n) is 11.9. The van der Waals surface area contributed by atoms with Crippen LogP contribution in [0.4, 0.5) is 0 Å². The highest BCUT2D eigenvalue weighted by Gasteiger charge is 2.19. The van der Waals surface area contributed by atoms with Crippen molar-refractivity contribution in [1.82, 2.24) is 4.90 Å². The second kappa shape index (κ2) is 5.85. The summed E-state index contributed by atoms with van der Waals surface area (Å²) in [4.78, 5) is 2.53. The molecule has 0 radical (unpaired) electrons. The zero-order chi connectivity index (χ0) is 13.1. The van der Waals surface area contributed by atoms with Gasteiger partial charge in [0, 0.05) is 19.1 Å². The lowest BCUT2D eigenvalue weighted by molar-refractivity contribution is 0.174. The predicted molar refractivity (Wildman–Crippen MR) is 77.7 cm³/mol. The number of hydrogen-bond donors (Lipinski definition) is 1. The maximum absolute atomic E-state index is 6.38. The van der Waals surface area contributed by atoms with E-state index in [0.717, 1.165) is 12.5 Å². The molecule has 1 aliphatic heterocycles. The second-order valence-electron chi connectivity index (χ2n) is 5.97. The zero-order valence-corrected chi connectivity index (χ0v) is 11.9. The van der Waals surface area contributed by atoms with Crippen LogP contribution in [0.3, 0.4) is 0 Å². The summed E-state index contributed by atoms with van der Waals surface area (Å²) in [5.74, 6) is 0.824. The number of nitrogens with two attached hydrogens (primary N) is 1. The molecule has 0 bridgehead atoms. The molecule has 0 aromatic heterocycles. The lowest BCUT2D eigenvalue weighted by atomic mass is 9.96. The van der Waals surface area contributed by atoms with Crippen LogP contribution in [0.1, 0.15) is 42.5 Å². The van der Waals surface area contributed by atoms with Crippen molar-refractivity contribution in [2.75, 3.05) is 19.6 Å². The molecule has 0 aliphatic carbocycles. The van der Waals surface area contributed by atoms with Crippen molar-refractivity contribution in [3.8, 4) is 0 Å². The standard InChI is InChI=1S/C16H26N2/c1-12-6-7-15(14(3)9-12)16(17)11-18-8-4-5-13(2)10-18/h6-7,9,13,16H,4-5,8,10-11,17H2,1-3H3. The minimum Gasteiger partial charge on any atom is -0.323 e.